The lowest BCUT2D eigenvalue weighted by atomic mass is 10.2. The molecular weight excluding hydrogens is 263 g/mol. The van der Waals surface area contributed by atoms with E-state index in [0.717, 1.165) is 23.7 Å². The van der Waals surface area contributed by atoms with Gasteiger partial charge in [-0.15, -0.1) is 0 Å². The molecular formula is C10H14BrClN2. The average Bonchev–Trinajstić information content (AvgIpc) is 2.07. The van der Waals surface area contributed by atoms with Crippen LogP contribution in [0, 0.1) is 0 Å². The molecule has 1 rings (SSSR count). The molecule has 2 nitrogen and oxygen atoms in total. The second kappa shape index (κ2) is 5.69. The van der Waals surface area contributed by atoms with E-state index in [1.807, 2.05) is 6.07 Å². The Hall–Kier alpha value is -0.120. The van der Waals surface area contributed by atoms with Gasteiger partial charge in [-0.25, -0.2) is 0 Å². The first-order valence-corrected chi connectivity index (χ1v) is 5.80. The zero-order chi connectivity index (χ0) is 10.6. The number of pyridine rings is 1. The smallest absolute Gasteiger partial charge is 0.0634 e. The summed E-state index contributed by atoms with van der Waals surface area (Å²) in [5.74, 6) is 0. The molecule has 0 bridgehead atoms. The van der Waals surface area contributed by atoms with Crippen LogP contribution in [-0.4, -0.2) is 28.3 Å². The molecule has 0 aliphatic carbocycles. The summed E-state index contributed by atoms with van der Waals surface area (Å²) in [6.45, 7) is 3.99. The van der Waals surface area contributed by atoms with E-state index in [1.165, 1.54) is 0 Å². The lowest BCUT2D eigenvalue weighted by Gasteiger charge is -2.18. The SMILES string of the molecule is CC(Br)CN(C)Cc1ccncc1Cl. The normalized spacial score (nSPS) is 13.2. The first-order chi connectivity index (χ1) is 6.59. The van der Waals surface area contributed by atoms with Crippen LogP contribution in [0.2, 0.25) is 5.02 Å². The third-order valence-corrected chi connectivity index (χ3v) is 2.49. The summed E-state index contributed by atoms with van der Waals surface area (Å²) in [4.78, 5) is 6.67. The topological polar surface area (TPSA) is 16.1 Å². The van der Waals surface area contributed by atoms with Crippen LogP contribution in [0.5, 0.6) is 0 Å². The monoisotopic (exact) mass is 276 g/mol. The largest absolute Gasteiger partial charge is 0.301 e. The second-order valence-electron chi connectivity index (χ2n) is 3.44. The minimum absolute atomic E-state index is 0.494. The average molecular weight is 278 g/mol. The molecule has 0 saturated heterocycles. The first-order valence-electron chi connectivity index (χ1n) is 4.50. The van der Waals surface area contributed by atoms with E-state index in [2.05, 4.69) is 39.8 Å². The van der Waals surface area contributed by atoms with Gasteiger partial charge < -0.3 is 4.90 Å². The number of halogens is 2. The van der Waals surface area contributed by atoms with Gasteiger partial charge in [-0.2, -0.15) is 0 Å². The van der Waals surface area contributed by atoms with Gasteiger partial charge in [0, 0.05) is 30.3 Å². The fourth-order valence-corrected chi connectivity index (χ4v) is 1.99. The van der Waals surface area contributed by atoms with Crippen LogP contribution < -0.4 is 0 Å². The molecule has 0 fully saturated rings. The van der Waals surface area contributed by atoms with Crippen molar-refractivity contribution in [3.63, 3.8) is 0 Å². The Morgan fingerprint density at radius 2 is 2.36 bits per heavy atom. The van der Waals surface area contributed by atoms with Gasteiger partial charge in [0.2, 0.25) is 0 Å². The van der Waals surface area contributed by atoms with Crippen LogP contribution >= 0.6 is 27.5 Å². The van der Waals surface area contributed by atoms with Gasteiger partial charge in [-0.3, -0.25) is 4.98 Å². The molecule has 1 unspecified atom stereocenters. The van der Waals surface area contributed by atoms with Gasteiger partial charge in [0.15, 0.2) is 0 Å². The molecule has 78 valence electrons. The Balaban J connectivity index is 2.56. The van der Waals surface area contributed by atoms with Gasteiger partial charge >= 0.3 is 0 Å². The minimum atomic E-state index is 0.494. The van der Waals surface area contributed by atoms with Crippen LogP contribution in [0.4, 0.5) is 0 Å². The Kier molecular flexibility index (Phi) is 4.85. The summed E-state index contributed by atoms with van der Waals surface area (Å²) in [6.07, 6.45) is 3.45. The van der Waals surface area contributed by atoms with Crippen molar-refractivity contribution >= 4 is 27.5 Å². The van der Waals surface area contributed by atoms with E-state index in [4.69, 9.17) is 11.6 Å². The number of aromatic nitrogens is 1. The summed E-state index contributed by atoms with van der Waals surface area (Å²) < 4.78 is 0. The summed E-state index contributed by atoms with van der Waals surface area (Å²) in [5, 5.41) is 0.738. The van der Waals surface area contributed by atoms with Crippen molar-refractivity contribution in [2.75, 3.05) is 13.6 Å². The molecule has 1 aromatic rings. The van der Waals surface area contributed by atoms with E-state index in [-0.39, 0.29) is 0 Å². The molecule has 0 saturated carbocycles. The predicted octanol–water partition coefficient (Wildman–Crippen LogP) is 2.95. The lowest BCUT2D eigenvalue weighted by molar-refractivity contribution is 0.333. The van der Waals surface area contributed by atoms with Crippen molar-refractivity contribution in [1.82, 2.24) is 9.88 Å². The van der Waals surface area contributed by atoms with Crippen molar-refractivity contribution in [1.29, 1.82) is 0 Å². The predicted molar refractivity (Wildman–Crippen MR) is 64.0 cm³/mol. The number of hydrogen-bond acceptors (Lipinski definition) is 2. The molecule has 1 aromatic heterocycles. The number of hydrogen-bond donors (Lipinski definition) is 0. The minimum Gasteiger partial charge on any atom is -0.301 e. The fourth-order valence-electron chi connectivity index (χ4n) is 1.32. The van der Waals surface area contributed by atoms with Crippen LogP contribution in [0.1, 0.15) is 12.5 Å². The Bertz CT molecular complexity index is 291. The van der Waals surface area contributed by atoms with E-state index in [0.29, 0.717) is 4.83 Å². The maximum absolute atomic E-state index is 6.00. The van der Waals surface area contributed by atoms with E-state index >= 15 is 0 Å². The van der Waals surface area contributed by atoms with Gasteiger partial charge in [0.25, 0.3) is 0 Å². The van der Waals surface area contributed by atoms with Gasteiger partial charge in [-0.05, 0) is 18.7 Å². The van der Waals surface area contributed by atoms with Gasteiger partial charge in [0.1, 0.15) is 0 Å². The highest BCUT2D eigenvalue weighted by Crippen LogP contribution is 2.15. The van der Waals surface area contributed by atoms with Crippen LogP contribution in [0.25, 0.3) is 0 Å². The summed E-state index contributed by atoms with van der Waals surface area (Å²) >= 11 is 9.52. The second-order valence-corrected chi connectivity index (χ2v) is 5.41. The third kappa shape index (κ3) is 3.95. The van der Waals surface area contributed by atoms with E-state index in [9.17, 15) is 0 Å². The maximum Gasteiger partial charge on any atom is 0.0634 e. The third-order valence-electron chi connectivity index (χ3n) is 1.86. The molecule has 0 aromatic carbocycles. The van der Waals surface area contributed by atoms with Crippen molar-refractivity contribution in [2.24, 2.45) is 0 Å². The zero-order valence-electron chi connectivity index (χ0n) is 8.37. The highest BCUT2D eigenvalue weighted by molar-refractivity contribution is 9.09. The number of rotatable bonds is 4. The standard InChI is InChI=1S/C10H14BrClN2/c1-8(11)6-14(2)7-9-3-4-13-5-10(9)12/h3-5,8H,6-7H2,1-2H3. The van der Waals surface area contributed by atoms with Crippen LogP contribution in [0.3, 0.4) is 0 Å². The Morgan fingerprint density at radius 3 is 2.93 bits per heavy atom. The first kappa shape index (κ1) is 12.0. The molecule has 0 radical (unpaired) electrons. The van der Waals surface area contributed by atoms with E-state index in [1.54, 1.807) is 12.4 Å². The number of alkyl halides is 1. The van der Waals surface area contributed by atoms with Crippen molar-refractivity contribution in [3.05, 3.63) is 29.0 Å². The molecule has 1 atom stereocenters. The highest BCUT2D eigenvalue weighted by atomic mass is 79.9. The quantitative estimate of drug-likeness (QED) is 0.787. The molecule has 14 heavy (non-hydrogen) atoms. The fraction of sp³-hybridized carbons (Fsp3) is 0.500. The van der Waals surface area contributed by atoms with E-state index < -0.39 is 0 Å². The van der Waals surface area contributed by atoms with Crippen molar-refractivity contribution in [3.8, 4) is 0 Å². The molecule has 4 heteroatoms. The lowest BCUT2D eigenvalue weighted by Crippen LogP contribution is -2.24. The Morgan fingerprint density at radius 1 is 1.64 bits per heavy atom. The van der Waals surface area contributed by atoms with Crippen LogP contribution in [-0.2, 0) is 6.54 Å². The maximum atomic E-state index is 6.00. The zero-order valence-corrected chi connectivity index (χ0v) is 10.7. The molecule has 0 aliphatic heterocycles. The number of nitrogens with zero attached hydrogens (tertiary/aromatic N) is 2. The van der Waals surface area contributed by atoms with Crippen molar-refractivity contribution < 1.29 is 0 Å². The highest BCUT2D eigenvalue weighted by Gasteiger charge is 2.06. The Labute approximate surface area is 98.4 Å². The summed E-state index contributed by atoms with van der Waals surface area (Å²) in [5.41, 5.74) is 1.12. The van der Waals surface area contributed by atoms with Crippen LogP contribution in [0.15, 0.2) is 18.5 Å². The van der Waals surface area contributed by atoms with Crippen molar-refractivity contribution in [2.45, 2.75) is 18.3 Å². The molecule has 0 spiro atoms. The van der Waals surface area contributed by atoms with Gasteiger partial charge in [-0.1, -0.05) is 34.5 Å². The molecule has 0 N–H and O–H groups in total. The molecule has 0 amide bonds. The summed E-state index contributed by atoms with van der Waals surface area (Å²) in [6, 6.07) is 1.96. The van der Waals surface area contributed by atoms with Gasteiger partial charge in [0.05, 0.1) is 5.02 Å². The molecule has 1 heterocycles. The summed E-state index contributed by atoms with van der Waals surface area (Å²) in [7, 11) is 2.08. The molecule has 0 aliphatic rings.